The Morgan fingerprint density at radius 2 is 1.95 bits per heavy atom. The summed E-state index contributed by atoms with van der Waals surface area (Å²) in [4.78, 5) is 12.1. The molecule has 0 saturated carbocycles. The minimum absolute atomic E-state index is 0.120. The summed E-state index contributed by atoms with van der Waals surface area (Å²) >= 11 is 0. The van der Waals surface area contributed by atoms with E-state index in [-0.39, 0.29) is 11.7 Å². The molecule has 20 heavy (non-hydrogen) atoms. The Labute approximate surface area is 122 Å². The van der Waals surface area contributed by atoms with Crippen LogP contribution in [0.1, 0.15) is 39.5 Å². The molecular weight excluding hydrogens is 278 g/mol. The Morgan fingerprint density at radius 1 is 1.20 bits per heavy atom. The van der Waals surface area contributed by atoms with Crippen LogP contribution in [0.4, 0.5) is 0 Å². The summed E-state index contributed by atoms with van der Waals surface area (Å²) in [6.45, 7) is 6.57. The quantitative estimate of drug-likeness (QED) is 0.601. The molecule has 0 spiro atoms. The zero-order valence-electron chi connectivity index (χ0n) is 12.5. The van der Waals surface area contributed by atoms with Gasteiger partial charge in [-0.15, -0.1) is 0 Å². The van der Waals surface area contributed by atoms with Crippen LogP contribution in [0.2, 0.25) is 0 Å². The summed E-state index contributed by atoms with van der Waals surface area (Å²) in [7, 11) is -3.29. The van der Waals surface area contributed by atoms with E-state index in [4.69, 9.17) is 0 Å². The monoisotopic (exact) mass is 305 g/mol. The van der Waals surface area contributed by atoms with E-state index in [1.807, 2.05) is 6.92 Å². The summed E-state index contributed by atoms with van der Waals surface area (Å²) < 4.78 is 25.6. The topological polar surface area (TPSA) is 78.5 Å². The maximum atomic E-state index is 12.1. The number of carbonyl (C=O) groups is 1. The first-order valence-corrected chi connectivity index (χ1v) is 9.11. The highest BCUT2D eigenvalue weighted by molar-refractivity contribution is 7.89. The van der Waals surface area contributed by atoms with Crippen LogP contribution in [-0.2, 0) is 14.8 Å². The van der Waals surface area contributed by atoms with Crippen LogP contribution in [0.15, 0.2) is 0 Å². The lowest BCUT2D eigenvalue weighted by atomic mass is 10.2. The largest absolute Gasteiger partial charge is 0.353 e. The molecule has 1 amide bonds. The number of hydrogen-bond acceptors (Lipinski definition) is 4. The average Bonchev–Trinajstić information content (AvgIpc) is 2.88. The third-order valence-corrected chi connectivity index (χ3v) is 5.43. The molecule has 1 aliphatic rings. The Kier molecular flexibility index (Phi) is 7.47. The number of nitrogens with one attached hydrogen (secondary N) is 2. The second-order valence-electron chi connectivity index (χ2n) is 5.13. The van der Waals surface area contributed by atoms with Gasteiger partial charge < -0.3 is 10.6 Å². The summed E-state index contributed by atoms with van der Waals surface area (Å²) in [6, 6.07) is -0.516. The van der Waals surface area contributed by atoms with Crippen LogP contribution < -0.4 is 10.6 Å². The number of amides is 1. The van der Waals surface area contributed by atoms with E-state index in [2.05, 4.69) is 17.6 Å². The summed E-state index contributed by atoms with van der Waals surface area (Å²) in [6.07, 6.45) is 3.01. The van der Waals surface area contributed by atoms with Gasteiger partial charge in [-0.2, -0.15) is 4.31 Å². The molecule has 0 aromatic rings. The van der Waals surface area contributed by atoms with Gasteiger partial charge in [0.2, 0.25) is 15.9 Å². The van der Waals surface area contributed by atoms with Gasteiger partial charge in [0.15, 0.2) is 0 Å². The Bertz CT molecular complexity index is 398. The van der Waals surface area contributed by atoms with Gasteiger partial charge in [0.25, 0.3) is 0 Å². The summed E-state index contributed by atoms with van der Waals surface area (Å²) in [5.41, 5.74) is 0. The van der Waals surface area contributed by atoms with Crippen LogP contribution in [-0.4, -0.2) is 56.6 Å². The Balaban J connectivity index is 2.46. The van der Waals surface area contributed by atoms with E-state index in [9.17, 15) is 13.2 Å². The first kappa shape index (κ1) is 17.4. The molecule has 0 aromatic heterocycles. The Morgan fingerprint density at radius 3 is 2.60 bits per heavy atom. The molecule has 1 aliphatic heterocycles. The molecule has 0 bridgehead atoms. The van der Waals surface area contributed by atoms with Crippen molar-refractivity contribution >= 4 is 15.9 Å². The molecule has 0 aromatic carbocycles. The fraction of sp³-hybridized carbons (Fsp3) is 0.923. The predicted molar refractivity (Wildman–Crippen MR) is 80.0 cm³/mol. The maximum Gasteiger partial charge on any atom is 0.238 e. The normalized spacial score (nSPS) is 20.2. The van der Waals surface area contributed by atoms with Gasteiger partial charge in [0, 0.05) is 19.6 Å². The van der Waals surface area contributed by atoms with Crippen LogP contribution in [0.5, 0.6) is 0 Å². The number of carbonyl (C=O) groups excluding carboxylic acids is 1. The minimum atomic E-state index is -3.29. The smallest absolute Gasteiger partial charge is 0.238 e. The highest BCUT2D eigenvalue weighted by Gasteiger charge is 2.37. The summed E-state index contributed by atoms with van der Waals surface area (Å²) in [5.74, 6) is -0.0463. The summed E-state index contributed by atoms with van der Waals surface area (Å²) in [5, 5.41) is 6.02. The molecule has 7 heteroatoms. The lowest BCUT2D eigenvalue weighted by molar-refractivity contribution is -0.124. The fourth-order valence-electron chi connectivity index (χ4n) is 2.40. The molecular formula is C13H27N3O3S. The highest BCUT2D eigenvalue weighted by Crippen LogP contribution is 2.21. The molecule has 1 rings (SSSR count). The first-order valence-electron chi connectivity index (χ1n) is 7.50. The van der Waals surface area contributed by atoms with E-state index in [1.54, 1.807) is 0 Å². The molecule has 6 nitrogen and oxygen atoms in total. The zero-order valence-corrected chi connectivity index (χ0v) is 13.3. The number of nitrogens with zero attached hydrogens (tertiary/aromatic N) is 1. The van der Waals surface area contributed by atoms with Gasteiger partial charge in [0.1, 0.15) is 6.04 Å². The lowest BCUT2D eigenvalue weighted by Gasteiger charge is -2.23. The zero-order chi connectivity index (χ0) is 15.0. The fourth-order valence-corrected chi connectivity index (χ4v) is 4.15. The van der Waals surface area contributed by atoms with Crippen molar-refractivity contribution in [3.05, 3.63) is 0 Å². The van der Waals surface area contributed by atoms with Gasteiger partial charge >= 0.3 is 0 Å². The first-order chi connectivity index (χ1) is 9.53. The molecule has 118 valence electrons. The average molecular weight is 305 g/mol. The lowest BCUT2D eigenvalue weighted by Crippen LogP contribution is -2.47. The van der Waals surface area contributed by atoms with E-state index in [0.717, 1.165) is 19.4 Å². The highest BCUT2D eigenvalue weighted by atomic mass is 32.2. The van der Waals surface area contributed by atoms with Crippen molar-refractivity contribution in [2.75, 3.05) is 31.9 Å². The molecule has 1 unspecified atom stereocenters. The van der Waals surface area contributed by atoms with Gasteiger partial charge in [0.05, 0.1) is 5.75 Å². The van der Waals surface area contributed by atoms with Gasteiger partial charge in [-0.25, -0.2) is 8.42 Å². The van der Waals surface area contributed by atoms with Crippen LogP contribution in [0.25, 0.3) is 0 Å². The Hall–Kier alpha value is -0.660. The molecule has 1 fully saturated rings. The van der Waals surface area contributed by atoms with Crippen molar-refractivity contribution in [1.29, 1.82) is 0 Å². The molecule has 0 radical (unpaired) electrons. The van der Waals surface area contributed by atoms with Crippen molar-refractivity contribution < 1.29 is 13.2 Å². The second-order valence-corrected chi connectivity index (χ2v) is 7.17. The third kappa shape index (κ3) is 5.03. The van der Waals surface area contributed by atoms with Crippen LogP contribution >= 0.6 is 0 Å². The number of rotatable bonds is 9. The number of hydrogen-bond donors (Lipinski definition) is 2. The predicted octanol–water partition coefficient (Wildman–Crippen LogP) is 0.306. The van der Waals surface area contributed by atoms with Crippen LogP contribution in [0.3, 0.4) is 0 Å². The molecule has 1 atom stereocenters. The van der Waals surface area contributed by atoms with E-state index >= 15 is 0 Å². The molecule has 1 saturated heterocycles. The van der Waals surface area contributed by atoms with Crippen molar-refractivity contribution in [2.45, 2.75) is 45.6 Å². The van der Waals surface area contributed by atoms with Gasteiger partial charge in [-0.3, -0.25) is 4.79 Å². The molecule has 0 aliphatic carbocycles. The second kappa shape index (κ2) is 8.59. The van der Waals surface area contributed by atoms with E-state index in [0.29, 0.717) is 32.5 Å². The maximum absolute atomic E-state index is 12.1. The van der Waals surface area contributed by atoms with Crippen molar-refractivity contribution in [3.63, 3.8) is 0 Å². The van der Waals surface area contributed by atoms with Crippen molar-refractivity contribution in [3.8, 4) is 0 Å². The van der Waals surface area contributed by atoms with Gasteiger partial charge in [-0.1, -0.05) is 13.8 Å². The van der Waals surface area contributed by atoms with Crippen molar-refractivity contribution in [1.82, 2.24) is 14.9 Å². The number of sulfonamides is 1. The van der Waals surface area contributed by atoms with Crippen molar-refractivity contribution in [2.24, 2.45) is 0 Å². The third-order valence-electron chi connectivity index (χ3n) is 3.35. The SMILES string of the molecule is CCCNCCNC(=O)C1CCCN1S(=O)(=O)CCC. The van der Waals surface area contributed by atoms with E-state index < -0.39 is 16.1 Å². The van der Waals surface area contributed by atoms with E-state index in [1.165, 1.54) is 4.31 Å². The van der Waals surface area contributed by atoms with Gasteiger partial charge in [-0.05, 0) is 32.2 Å². The molecule has 2 N–H and O–H groups in total. The van der Waals surface area contributed by atoms with Crippen LogP contribution in [0, 0.1) is 0 Å². The molecule has 1 heterocycles. The standard InChI is InChI=1S/C13H27N3O3S/c1-3-7-14-8-9-15-13(17)12-6-5-10-16(12)20(18,19)11-4-2/h12,14H,3-11H2,1-2H3,(H,15,17). The minimum Gasteiger partial charge on any atom is -0.353 e.